The Hall–Kier alpha value is -2.11. The number of methoxy groups -OCH3 is 2. The first-order valence-corrected chi connectivity index (χ1v) is 6.50. The number of fused-ring (bicyclic) bond motifs is 1. The van der Waals surface area contributed by atoms with Crippen molar-refractivity contribution in [1.82, 2.24) is 0 Å². The van der Waals surface area contributed by atoms with Crippen LogP contribution in [0.25, 0.3) is 0 Å². The van der Waals surface area contributed by atoms with Gasteiger partial charge in [-0.1, -0.05) is 0 Å². The summed E-state index contributed by atoms with van der Waals surface area (Å²) in [5.41, 5.74) is 1.83. The molecule has 0 bridgehead atoms. The monoisotopic (exact) mass is 280 g/mol. The van der Waals surface area contributed by atoms with E-state index in [4.69, 9.17) is 14.6 Å². The Labute approximate surface area is 118 Å². The number of benzene rings is 1. The lowest BCUT2D eigenvalue weighted by atomic mass is 10.2. The highest BCUT2D eigenvalue weighted by atomic mass is 16.5. The number of carboxylic acid groups (broad SMARTS) is 1. The molecule has 0 fully saturated rings. The van der Waals surface area contributed by atoms with Gasteiger partial charge in [-0.3, -0.25) is 4.79 Å². The van der Waals surface area contributed by atoms with Crippen LogP contribution < -0.4 is 19.3 Å². The van der Waals surface area contributed by atoms with Crippen molar-refractivity contribution >= 4 is 17.3 Å². The van der Waals surface area contributed by atoms with Crippen molar-refractivity contribution in [1.29, 1.82) is 0 Å². The Morgan fingerprint density at radius 2 is 1.80 bits per heavy atom. The SMILES string of the molecule is COc1cc2c(cc1OC)N(CC(=O)O)CCCN2C. The van der Waals surface area contributed by atoms with Gasteiger partial charge in [0.05, 0.1) is 25.6 Å². The van der Waals surface area contributed by atoms with Crippen LogP contribution in [0.5, 0.6) is 11.5 Å². The van der Waals surface area contributed by atoms with Gasteiger partial charge in [0, 0.05) is 32.3 Å². The van der Waals surface area contributed by atoms with Crippen LogP contribution in [0.4, 0.5) is 11.4 Å². The van der Waals surface area contributed by atoms with E-state index in [1.54, 1.807) is 14.2 Å². The molecule has 0 saturated carbocycles. The Morgan fingerprint density at radius 3 is 2.35 bits per heavy atom. The molecule has 1 aliphatic rings. The van der Waals surface area contributed by atoms with E-state index < -0.39 is 5.97 Å². The van der Waals surface area contributed by atoms with Gasteiger partial charge in [0.2, 0.25) is 0 Å². The number of hydrogen-bond acceptors (Lipinski definition) is 5. The van der Waals surface area contributed by atoms with E-state index in [-0.39, 0.29) is 6.54 Å². The first-order valence-electron chi connectivity index (χ1n) is 6.50. The molecule has 0 saturated heterocycles. The summed E-state index contributed by atoms with van der Waals surface area (Å²) in [6.07, 6.45) is 0.906. The topological polar surface area (TPSA) is 62.2 Å². The van der Waals surface area contributed by atoms with Crippen LogP contribution in [0, 0.1) is 0 Å². The van der Waals surface area contributed by atoms with E-state index in [0.29, 0.717) is 18.0 Å². The third-order valence-electron chi connectivity index (χ3n) is 3.48. The minimum absolute atomic E-state index is 0.0175. The summed E-state index contributed by atoms with van der Waals surface area (Å²) >= 11 is 0. The zero-order chi connectivity index (χ0) is 14.7. The van der Waals surface area contributed by atoms with E-state index in [2.05, 4.69) is 4.90 Å². The molecule has 110 valence electrons. The van der Waals surface area contributed by atoms with Crippen molar-refractivity contribution < 1.29 is 19.4 Å². The van der Waals surface area contributed by atoms with Crippen molar-refractivity contribution in [3.05, 3.63) is 12.1 Å². The molecule has 1 aliphatic heterocycles. The summed E-state index contributed by atoms with van der Waals surface area (Å²) < 4.78 is 10.6. The number of hydrogen-bond donors (Lipinski definition) is 1. The second kappa shape index (κ2) is 5.90. The average Bonchev–Trinajstić information content (AvgIpc) is 2.57. The van der Waals surface area contributed by atoms with Crippen LogP contribution >= 0.6 is 0 Å². The number of nitrogens with zero attached hydrogens (tertiary/aromatic N) is 2. The zero-order valence-corrected chi connectivity index (χ0v) is 12.0. The molecular weight excluding hydrogens is 260 g/mol. The fourth-order valence-electron chi connectivity index (χ4n) is 2.48. The van der Waals surface area contributed by atoms with Crippen molar-refractivity contribution in [2.75, 3.05) is 50.7 Å². The summed E-state index contributed by atoms with van der Waals surface area (Å²) in [6, 6.07) is 3.74. The highest BCUT2D eigenvalue weighted by molar-refractivity contribution is 5.81. The molecule has 2 rings (SSSR count). The minimum atomic E-state index is -0.838. The largest absolute Gasteiger partial charge is 0.493 e. The molecular formula is C14H20N2O4. The van der Waals surface area contributed by atoms with Crippen LogP contribution in [-0.4, -0.2) is 52.0 Å². The number of carboxylic acids is 1. The lowest BCUT2D eigenvalue weighted by molar-refractivity contribution is -0.135. The van der Waals surface area contributed by atoms with Gasteiger partial charge in [-0.05, 0) is 6.42 Å². The van der Waals surface area contributed by atoms with E-state index in [1.807, 2.05) is 24.1 Å². The molecule has 20 heavy (non-hydrogen) atoms. The average molecular weight is 280 g/mol. The number of ether oxygens (including phenoxy) is 2. The van der Waals surface area contributed by atoms with Gasteiger partial charge in [0.15, 0.2) is 11.5 Å². The Morgan fingerprint density at radius 1 is 1.20 bits per heavy atom. The van der Waals surface area contributed by atoms with E-state index >= 15 is 0 Å². The number of carbonyl (C=O) groups is 1. The molecule has 6 nitrogen and oxygen atoms in total. The summed E-state index contributed by atoms with van der Waals surface area (Å²) in [5, 5.41) is 9.07. The van der Waals surface area contributed by atoms with Gasteiger partial charge in [0.1, 0.15) is 6.54 Å². The number of aliphatic carboxylic acids is 1. The van der Waals surface area contributed by atoms with Crippen LogP contribution in [0.3, 0.4) is 0 Å². The molecule has 0 amide bonds. The third-order valence-corrected chi connectivity index (χ3v) is 3.48. The molecule has 0 aromatic heterocycles. The normalized spacial score (nSPS) is 14.6. The van der Waals surface area contributed by atoms with Gasteiger partial charge in [0.25, 0.3) is 0 Å². The fourth-order valence-corrected chi connectivity index (χ4v) is 2.48. The Balaban J connectivity index is 2.51. The molecule has 0 radical (unpaired) electrons. The van der Waals surface area contributed by atoms with E-state index in [9.17, 15) is 4.79 Å². The van der Waals surface area contributed by atoms with Gasteiger partial charge in [-0.25, -0.2) is 0 Å². The molecule has 0 unspecified atom stereocenters. The highest BCUT2D eigenvalue weighted by Crippen LogP contribution is 2.41. The molecule has 1 aromatic carbocycles. The van der Waals surface area contributed by atoms with Crippen molar-refractivity contribution in [2.24, 2.45) is 0 Å². The van der Waals surface area contributed by atoms with Crippen LogP contribution in [-0.2, 0) is 4.79 Å². The maximum Gasteiger partial charge on any atom is 0.323 e. The molecule has 6 heteroatoms. The van der Waals surface area contributed by atoms with Crippen molar-refractivity contribution in [3.63, 3.8) is 0 Å². The molecule has 1 aromatic rings. The zero-order valence-electron chi connectivity index (χ0n) is 12.0. The predicted octanol–water partition coefficient (Wildman–Crippen LogP) is 1.43. The quantitative estimate of drug-likeness (QED) is 0.900. The summed E-state index contributed by atoms with van der Waals surface area (Å²) in [4.78, 5) is 15.0. The highest BCUT2D eigenvalue weighted by Gasteiger charge is 2.23. The third kappa shape index (κ3) is 2.74. The molecule has 0 atom stereocenters. The summed E-state index contributed by atoms with van der Waals surface area (Å²) in [7, 11) is 5.16. The second-order valence-electron chi connectivity index (χ2n) is 4.79. The Kier molecular flexibility index (Phi) is 4.22. The minimum Gasteiger partial charge on any atom is -0.493 e. The number of rotatable bonds is 4. The van der Waals surface area contributed by atoms with Crippen LogP contribution in [0.1, 0.15) is 6.42 Å². The smallest absolute Gasteiger partial charge is 0.323 e. The number of anilines is 2. The van der Waals surface area contributed by atoms with Crippen molar-refractivity contribution in [2.45, 2.75) is 6.42 Å². The van der Waals surface area contributed by atoms with Crippen molar-refractivity contribution in [3.8, 4) is 11.5 Å². The van der Waals surface area contributed by atoms with Gasteiger partial charge in [-0.15, -0.1) is 0 Å². The van der Waals surface area contributed by atoms with Crippen LogP contribution in [0.2, 0.25) is 0 Å². The summed E-state index contributed by atoms with van der Waals surface area (Å²) in [5.74, 6) is 0.419. The molecule has 0 spiro atoms. The standard InChI is InChI=1S/C14H20N2O4/c1-15-5-4-6-16(9-14(17)18)11-8-13(20-3)12(19-2)7-10(11)15/h7-8H,4-6,9H2,1-3H3,(H,17,18). The first kappa shape index (κ1) is 14.3. The first-order chi connectivity index (χ1) is 9.56. The Bertz CT molecular complexity index is 504. The second-order valence-corrected chi connectivity index (χ2v) is 4.79. The molecule has 1 N–H and O–H groups in total. The fraction of sp³-hybridized carbons (Fsp3) is 0.500. The molecule has 1 heterocycles. The van der Waals surface area contributed by atoms with E-state index in [1.165, 1.54) is 0 Å². The maximum atomic E-state index is 11.0. The molecule has 0 aliphatic carbocycles. The maximum absolute atomic E-state index is 11.0. The van der Waals surface area contributed by atoms with E-state index in [0.717, 1.165) is 24.3 Å². The summed E-state index contributed by atoms with van der Waals surface area (Å²) in [6.45, 7) is 1.56. The predicted molar refractivity (Wildman–Crippen MR) is 77.3 cm³/mol. The lowest BCUT2D eigenvalue weighted by Gasteiger charge is -2.26. The van der Waals surface area contributed by atoms with Gasteiger partial charge >= 0.3 is 5.97 Å². The van der Waals surface area contributed by atoms with Crippen LogP contribution in [0.15, 0.2) is 12.1 Å². The van der Waals surface area contributed by atoms with Gasteiger partial charge in [-0.2, -0.15) is 0 Å². The van der Waals surface area contributed by atoms with Gasteiger partial charge < -0.3 is 24.4 Å². The lowest BCUT2D eigenvalue weighted by Crippen LogP contribution is -2.30.